The highest BCUT2D eigenvalue weighted by Gasteiger charge is 2.38. The lowest BCUT2D eigenvalue weighted by Crippen LogP contribution is -2.53. The second-order valence-electron chi connectivity index (χ2n) is 7.16. The van der Waals surface area contributed by atoms with Crippen molar-refractivity contribution in [2.75, 3.05) is 0 Å². The number of nitrogens with zero attached hydrogens (tertiary/aromatic N) is 1. The van der Waals surface area contributed by atoms with E-state index in [0.717, 1.165) is 12.8 Å². The van der Waals surface area contributed by atoms with Crippen molar-refractivity contribution >= 4 is 11.3 Å². The van der Waals surface area contributed by atoms with Crippen molar-refractivity contribution in [3.63, 3.8) is 0 Å². The Kier molecular flexibility index (Phi) is 6.51. The summed E-state index contributed by atoms with van der Waals surface area (Å²) in [7, 11) is 0. The van der Waals surface area contributed by atoms with Gasteiger partial charge >= 0.3 is 0 Å². The van der Waals surface area contributed by atoms with Crippen LogP contribution in [0.2, 0.25) is 0 Å². The second-order valence-corrected chi connectivity index (χ2v) is 8.01. The molecule has 0 fully saturated rings. The molecule has 0 rings (SSSR count). The Labute approximate surface area is 116 Å². The molecule has 0 spiro atoms. The Morgan fingerprint density at radius 2 is 1.22 bits per heavy atom. The topological polar surface area (TPSA) is 43.4 Å². The largest absolute Gasteiger partial charge is 0.760 e. The Hall–Kier alpha value is 0.0700. The van der Waals surface area contributed by atoms with Gasteiger partial charge in [-0.05, 0) is 23.7 Å². The van der Waals surface area contributed by atoms with Gasteiger partial charge in [-0.2, -0.15) is 0 Å². The summed E-state index contributed by atoms with van der Waals surface area (Å²) in [5, 5.41) is 0. The van der Waals surface area contributed by atoms with Gasteiger partial charge in [-0.1, -0.05) is 55.4 Å². The lowest BCUT2D eigenvalue weighted by molar-refractivity contribution is 0.0749. The molecule has 0 amide bonds. The summed E-state index contributed by atoms with van der Waals surface area (Å²) in [6.45, 7) is 16.8. The van der Waals surface area contributed by atoms with E-state index in [0.29, 0.717) is 0 Å². The molecule has 3 unspecified atom stereocenters. The van der Waals surface area contributed by atoms with E-state index in [4.69, 9.17) is 0 Å². The van der Waals surface area contributed by atoms with Crippen molar-refractivity contribution in [3.05, 3.63) is 0 Å². The predicted molar refractivity (Wildman–Crippen MR) is 77.8 cm³/mol. The lowest BCUT2D eigenvalue weighted by Gasteiger charge is -2.48. The van der Waals surface area contributed by atoms with E-state index in [-0.39, 0.29) is 22.9 Å². The van der Waals surface area contributed by atoms with Crippen molar-refractivity contribution in [1.29, 1.82) is 0 Å². The van der Waals surface area contributed by atoms with Crippen LogP contribution >= 0.6 is 0 Å². The maximum Gasteiger partial charge on any atom is 0.0264 e. The van der Waals surface area contributed by atoms with Crippen molar-refractivity contribution in [3.8, 4) is 0 Å². The molecule has 3 atom stereocenters. The average Bonchev–Trinajstić information content (AvgIpc) is 2.13. The molecule has 4 heteroatoms. The van der Waals surface area contributed by atoms with E-state index in [9.17, 15) is 8.76 Å². The third-order valence-electron chi connectivity index (χ3n) is 3.56. The van der Waals surface area contributed by atoms with Gasteiger partial charge in [0.05, 0.1) is 0 Å². The van der Waals surface area contributed by atoms with Gasteiger partial charge in [0, 0.05) is 23.4 Å². The molecule has 0 N–H and O–H groups in total. The van der Waals surface area contributed by atoms with Crippen LogP contribution in [0.25, 0.3) is 0 Å². The fourth-order valence-electron chi connectivity index (χ4n) is 2.77. The van der Waals surface area contributed by atoms with Gasteiger partial charge in [-0.15, -0.1) is 0 Å². The minimum Gasteiger partial charge on any atom is -0.760 e. The van der Waals surface area contributed by atoms with Crippen molar-refractivity contribution < 1.29 is 8.76 Å². The van der Waals surface area contributed by atoms with Crippen LogP contribution < -0.4 is 0 Å². The molecule has 0 aliphatic heterocycles. The highest BCUT2D eigenvalue weighted by Crippen LogP contribution is 2.35. The van der Waals surface area contributed by atoms with E-state index in [2.05, 4.69) is 55.4 Å². The standard InChI is InChI=1S/C14H31NO2S/c1-9-11(13(3,4)5)15(18(16)17)12(10-2)14(6,7)8/h11-12H,9-10H2,1-8H3,(H,16,17)/p-1. The fourth-order valence-corrected chi connectivity index (χ4v) is 4.12. The van der Waals surface area contributed by atoms with Crippen molar-refractivity contribution in [1.82, 2.24) is 4.31 Å². The summed E-state index contributed by atoms with van der Waals surface area (Å²) in [6, 6.07) is 0.0833. The Balaban J connectivity index is 5.48. The lowest BCUT2D eigenvalue weighted by atomic mass is 9.80. The zero-order valence-corrected chi connectivity index (χ0v) is 14.1. The van der Waals surface area contributed by atoms with E-state index >= 15 is 0 Å². The third kappa shape index (κ3) is 4.63. The minimum atomic E-state index is -2.17. The first-order valence-electron chi connectivity index (χ1n) is 6.84. The highest BCUT2D eigenvalue weighted by molar-refractivity contribution is 7.76. The Morgan fingerprint density at radius 1 is 0.944 bits per heavy atom. The van der Waals surface area contributed by atoms with Crippen LogP contribution in [0.5, 0.6) is 0 Å². The molecule has 110 valence electrons. The van der Waals surface area contributed by atoms with Gasteiger partial charge in [-0.3, -0.25) is 4.21 Å². The molecule has 0 heterocycles. The highest BCUT2D eigenvalue weighted by atomic mass is 32.2. The minimum absolute atomic E-state index is 0.0417. The summed E-state index contributed by atoms with van der Waals surface area (Å²) >= 11 is -2.17. The van der Waals surface area contributed by atoms with Gasteiger partial charge in [0.2, 0.25) is 0 Å². The Bertz CT molecular complexity index is 256. The van der Waals surface area contributed by atoms with Gasteiger partial charge in [-0.25, -0.2) is 4.31 Å². The molecule has 0 saturated carbocycles. The molecular weight excluding hydrogens is 246 g/mol. The summed E-state index contributed by atoms with van der Waals surface area (Å²) in [5.41, 5.74) is -0.0962. The summed E-state index contributed by atoms with van der Waals surface area (Å²) < 4.78 is 25.1. The molecule has 18 heavy (non-hydrogen) atoms. The van der Waals surface area contributed by atoms with Gasteiger partial charge in [0.25, 0.3) is 0 Å². The van der Waals surface area contributed by atoms with E-state index in [1.165, 1.54) is 0 Å². The van der Waals surface area contributed by atoms with Gasteiger partial charge in [0.1, 0.15) is 0 Å². The summed E-state index contributed by atoms with van der Waals surface area (Å²) in [4.78, 5) is 0. The first-order valence-corrected chi connectivity index (χ1v) is 7.87. The maximum absolute atomic E-state index is 11.7. The van der Waals surface area contributed by atoms with E-state index in [1.54, 1.807) is 4.31 Å². The molecular formula is C14H30NO2S-. The van der Waals surface area contributed by atoms with Crippen LogP contribution in [-0.2, 0) is 11.3 Å². The first kappa shape index (κ1) is 18.1. The summed E-state index contributed by atoms with van der Waals surface area (Å²) in [5.74, 6) is 0. The fraction of sp³-hybridized carbons (Fsp3) is 1.00. The van der Waals surface area contributed by atoms with Crippen LogP contribution in [0.1, 0.15) is 68.2 Å². The van der Waals surface area contributed by atoms with Crippen LogP contribution in [0.15, 0.2) is 0 Å². The van der Waals surface area contributed by atoms with Gasteiger partial charge in [0.15, 0.2) is 0 Å². The van der Waals surface area contributed by atoms with Crippen LogP contribution in [0.3, 0.4) is 0 Å². The van der Waals surface area contributed by atoms with Crippen LogP contribution in [0.4, 0.5) is 0 Å². The van der Waals surface area contributed by atoms with Crippen LogP contribution in [0, 0.1) is 10.8 Å². The zero-order chi connectivity index (χ0) is 14.7. The maximum atomic E-state index is 11.7. The third-order valence-corrected chi connectivity index (χ3v) is 4.41. The molecule has 0 aromatic rings. The molecule has 3 nitrogen and oxygen atoms in total. The van der Waals surface area contributed by atoms with E-state index < -0.39 is 11.3 Å². The smallest absolute Gasteiger partial charge is 0.0264 e. The SMILES string of the molecule is CCC(N(C(CC)C(C)(C)C)S(=O)[O-])C(C)(C)C. The Morgan fingerprint density at radius 3 is 1.33 bits per heavy atom. The van der Waals surface area contributed by atoms with Crippen molar-refractivity contribution in [2.45, 2.75) is 80.3 Å². The number of rotatable bonds is 5. The summed E-state index contributed by atoms with van der Waals surface area (Å²) in [6.07, 6.45) is 1.67. The number of hydrogen-bond acceptors (Lipinski definition) is 2. The predicted octanol–water partition coefficient (Wildman–Crippen LogP) is 3.73. The van der Waals surface area contributed by atoms with Crippen LogP contribution in [-0.4, -0.2) is 25.2 Å². The average molecular weight is 276 g/mol. The molecule has 0 saturated heterocycles. The molecule has 0 aliphatic rings. The van der Waals surface area contributed by atoms with Gasteiger partial charge < -0.3 is 4.55 Å². The normalized spacial score (nSPS) is 18.8. The monoisotopic (exact) mass is 276 g/mol. The molecule has 0 radical (unpaired) electrons. The number of hydrogen-bond donors (Lipinski definition) is 0. The quantitative estimate of drug-likeness (QED) is 0.718. The molecule has 0 bridgehead atoms. The second kappa shape index (κ2) is 6.49. The molecule has 0 aromatic carbocycles. The van der Waals surface area contributed by atoms with E-state index in [1.807, 2.05) is 0 Å². The molecule has 0 aliphatic carbocycles. The zero-order valence-electron chi connectivity index (χ0n) is 13.2. The molecule has 0 aromatic heterocycles. The van der Waals surface area contributed by atoms with Crippen molar-refractivity contribution in [2.24, 2.45) is 10.8 Å². The first-order chi connectivity index (χ1) is 7.96.